The molecule has 24 heavy (non-hydrogen) atoms. The number of aliphatic carboxylic acids is 1. The van der Waals surface area contributed by atoms with Gasteiger partial charge in [0.1, 0.15) is 0 Å². The Balaban J connectivity index is 1.63. The summed E-state index contributed by atoms with van der Waals surface area (Å²) < 4.78 is 0. The maximum atomic E-state index is 12.8. The zero-order valence-corrected chi connectivity index (χ0v) is 14.5. The maximum Gasteiger partial charge on any atom is 0.320 e. The number of carbonyl (C=O) groups excluding carboxylic acids is 1. The number of hydrogen-bond acceptors (Lipinski definition) is 2. The van der Waals surface area contributed by atoms with Crippen LogP contribution in [0.15, 0.2) is 24.3 Å². The topological polar surface area (TPSA) is 60.9 Å². The number of nitrogens with zero attached hydrogens (tertiary/aromatic N) is 2. The molecule has 0 spiro atoms. The third kappa shape index (κ3) is 3.12. The van der Waals surface area contributed by atoms with Crippen LogP contribution in [0.3, 0.4) is 0 Å². The maximum absolute atomic E-state index is 12.8. The van der Waals surface area contributed by atoms with Gasteiger partial charge in [0.05, 0.1) is 5.41 Å². The largest absolute Gasteiger partial charge is 0.481 e. The van der Waals surface area contributed by atoms with Crippen LogP contribution in [0.5, 0.6) is 0 Å². The second-order valence-corrected chi connectivity index (χ2v) is 7.58. The van der Waals surface area contributed by atoms with E-state index in [0.29, 0.717) is 51.4 Å². The lowest BCUT2D eigenvalue weighted by atomic mass is 9.73. The number of piperidine rings is 1. The van der Waals surface area contributed by atoms with Crippen molar-refractivity contribution in [2.24, 2.45) is 11.3 Å². The fourth-order valence-electron chi connectivity index (χ4n) is 4.08. The van der Waals surface area contributed by atoms with Gasteiger partial charge in [0.2, 0.25) is 0 Å². The van der Waals surface area contributed by atoms with Crippen molar-refractivity contribution in [3.05, 3.63) is 35.4 Å². The Morgan fingerprint density at radius 1 is 1.08 bits per heavy atom. The highest BCUT2D eigenvalue weighted by molar-refractivity contribution is 5.77. The van der Waals surface area contributed by atoms with E-state index in [1.807, 2.05) is 21.9 Å². The Morgan fingerprint density at radius 2 is 1.62 bits per heavy atom. The second-order valence-electron chi connectivity index (χ2n) is 7.58. The first kappa shape index (κ1) is 16.8. The van der Waals surface area contributed by atoms with E-state index < -0.39 is 11.4 Å². The number of carbonyl (C=O) groups is 2. The molecule has 0 aromatic heterocycles. The van der Waals surface area contributed by atoms with Crippen molar-refractivity contribution in [3.8, 4) is 0 Å². The normalized spacial score (nSPS) is 19.5. The summed E-state index contributed by atoms with van der Waals surface area (Å²) in [4.78, 5) is 28.2. The minimum atomic E-state index is -0.711. The summed E-state index contributed by atoms with van der Waals surface area (Å²) in [6, 6.07) is 8.17. The highest BCUT2D eigenvalue weighted by Crippen LogP contribution is 2.38. The Bertz CT molecular complexity index is 608. The molecule has 0 radical (unpaired) electrons. The molecule has 0 aliphatic carbocycles. The number of likely N-dealkylation sites (tertiary alicyclic amines) is 1. The summed E-state index contributed by atoms with van der Waals surface area (Å²) >= 11 is 0. The molecule has 5 nitrogen and oxygen atoms in total. The number of rotatable bonds is 3. The molecule has 1 saturated heterocycles. The second kappa shape index (κ2) is 6.46. The molecule has 0 unspecified atom stereocenters. The van der Waals surface area contributed by atoms with Crippen LogP contribution in [0.1, 0.15) is 44.2 Å². The number of amides is 2. The molecule has 2 aliphatic rings. The van der Waals surface area contributed by atoms with Gasteiger partial charge in [0.25, 0.3) is 0 Å². The van der Waals surface area contributed by atoms with Crippen molar-refractivity contribution in [2.45, 2.75) is 46.2 Å². The summed E-state index contributed by atoms with van der Waals surface area (Å²) in [6.07, 6.45) is 1.78. The lowest BCUT2D eigenvalue weighted by molar-refractivity contribution is -0.153. The van der Waals surface area contributed by atoms with E-state index in [9.17, 15) is 14.7 Å². The van der Waals surface area contributed by atoms with Crippen LogP contribution >= 0.6 is 0 Å². The number of carboxylic acids is 1. The quantitative estimate of drug-likeness (QED) is 0.924. The van der Waals surface area contributed by atoms with Crippen molar-refractivity contribution in [3.63, 3.8) is 0 Å². The third-order valence-electron chi connectivity index (χ3n) is 5.36. The van der Waals surface area contributed by atoms with Crippen LogP contribution in [0.2, 0.25) is 0 Å². The predicted molar refractivity (Wildman–Crippen MR) is 91.4 cm³/mol. The molecule has 3 rings (SSSR count). The van der Waals surface area contributed by atoms with Gasteiger partial charge < -0.3 is 14.9 Å². The minimum absolute atomic E-state index is 0.0368. The molecule has 1 fully saturated rings. The van der Waals surface area contributed by atoms with Gasteiger partial charge in [-0.2, -0.15) is 0 Å². The van der Waals surface area contributed by atoms with Crippen molar-refractivity contribution in [1.82, 2.24) is 9.80 Å². The highest BCUT2D eigenvalue weighted by Gasteiger charge is 2.43. The number of hydrogen-bond donors (Lipinski definition) is 1. The van der Waals surface area contributed by atoms with E-state index in [1.54, 1.807) is 0 Å². The standard InChI is InChI=1S/C19H26N2O3/c1-14(2)11-19(17(22)23)7-9-20(10-8-19)18(24)21-12-15-5-3-4-6-16(15)13-21/h3-6,14H,7-13H2,1-2H3,(H,22,23). The van der Waals surface area contributed by atoms with Crippen molar-refractivity contribution in [1.29, 1.82) is 0 Å². The Labute approximate surface area is 143 Å². The molecular formula is C19H26N2O3. The number of fused-ring (bicyclic) bond motifs is 1. The summed E-state index contributed by atoms with van der Waals surface area (Å²) in [7, 11) is 0. The molecule has 0 bridgehead atoms. The van der Waals surface area contributed by atoms with E-state index in [0.717, 1.165) is 0 Å². The van der Waals surface area contributed by atoms with Crippen LogP contribution in [0.4, 0.5) is 4.79 Å². The minimum Gasteiger partial charge on any atom is -0.481 e. The van der Waals surface area contributed by atoms with Gasteiger partial charge in [0.15, 0.2) is 0 Å². The predicted octanol–water partition coefficient (Wildman–Crippen LogP) is 3.34. The van der Waals surface area contributed by atoms with Crippen LogP contribution < -0.4 is 0 Å². The lowest BCUT2D eigenvalue weighted by Crippen LogP contribution is -2.50. The smallest absolute Gasteiger partial charge is 0.320 e. The van der Waals surface area contributed by atoms with Gasteiger partial charge in [-0.25, -0.2) is 4.79 Å². The third-order valence-corrected chi connectivity index (χ3v) is 5.36. The Kier molecular flexibility index (Phi) is 4.52. The molecule has 0 atom stereocenters. The summed E-state index contributed by atoms with van der Waals surface area (Å²) in [5, 5.41) is 9.68. The molecule has 2 heterocycles. The van der Waals surface area contributed by atoms with Crippen LogP contribution in [0, 0.1) is 11.3 Å². The molecule has 1 aromatic carbocycles. The van der Waals surface area contributed by atoms with Crippen molar-refractivity contribution >= 4 is 12.0 Å². The first-order chi connectivity index (χ1) is 11.4. The average Bonchev–Trinajstić information content (AvgIpc) is 2.98. The molecule has 1 aromatic rings. The van der Waals surface area contributed by atoms with E-state index in [2.05, 4.69) is 26.0 Å². The van der Waals surface area contributed by atoms with Gasteiger partial charge in [-0.15, -0.1) is 0 Å². The van der Waals surface area contributed by atoms with E-state index in [1.165, 1.54) is 11.1 Å². The summed E-state index contributed by atoms with van der Waals surface area (Å²) in [6.45, 7) is 6.49. The SMILES string of the molecule is CC(C)CC1(C(=O)O)CCN(C(=O)N2Cc3ccccc3C2)CC1. The van der Waals surface area contributed by atoms with Crippen molar-refractivity contribution < 1.29 is 14.7 Å². The summed E-state index contributed by atoms with van der Waals surface area (Å²) in [5.74, 6) is -0.367. The Hall–Kier alpha value is -2.04. The fraction of sp³-hybridized carbons (Fsp3) is 0.579. The van der Waals surface area contributed by atoms with Gasteiger partial charge in [0, 0.05) is 26.2 Å². The zero-order valence-electron chi connectivity index (χ0n) is 14.5. The van der Waals surface area contributed by atoms with E-state index in [4.69, 9.17) is 0 Å². The number of carboxylic acid groups (broad SMARTS) is 1. The van der Waals surface area contributed by atoms with Crippen molar-refractivity contribution in [2.75, 3.05) is 13.1 Å². The first-order valence-electron chi connectivity index (χ1n) is 8.75. The number of urea groups is 1. The lowest BCUT2D eigenvalue weighted by Gasteiger charge is -2.40. The Morgan fingerprint density at radius 3 is 2.08 bits per heavy atom. The molecular weight excluding hydrogens is 304 g/mol. The monoisotopic (exact) mass is 330 g/mol. The van der Waals surface area contributed by atoms with Crippen LogP contribution in [-0.2, 0) is 17.9 Å². The zero-order chi connectivity index (χ0) is 17.3. The average molecular weight is 330 g/mol. The molecule has 2 aliphatic heterocycles. The summed E-state index contributed by atoms with van der Waals surface area (Å²) in [5.41, 5.74) is 1.75. The van der Waals surface area contributed by atoms with E-state index in [-0.39, 0.29) is 6.03 Å². The molecule has 1 N–H and O–H groups in total. The first-order valence-corrected chi connectivity index (χ1v) is 8.75. The molecule has 130 valence electrons. The van der Waals surface area contributed by atoms with Gasteiger partial charge in [-0.3, -0.25) is 4.79 Å². The van der Waals surface area contributed by atoms with Crippen LogP contribution in [-0.4, -0.2) is 40.0 Å². The van der Waals surface area contributed by atoms with Gasteiger partial charge >= 0.3 is 12.0 Å². The molecule has 0 saturated carbocycles. The molecule has 5 heteroatoms. The van der Waals surface area contributed by atoms with E-state index >= 15 is 0 Å². The number of benzene rings is 1. The van der Waals surface area contributed by atoms with Crippen LogP contribution in [0.25, 0.3) is 0 Å². The van der Waals surface area contributed by atoms with Gasteiger partial charge in [-0.05, 0) is 36.3 Å². The highest BCUT2D eigenvalue weighted by atomic mass is 16.4. The fourth-order valence-corrected chi connectivity index (χ4v) is 4.08. The molecule has 2 amide bonds. The van der Waals surface area contributed by atoms with Gasteiger partial charge in [-0.1, -0.05) is 38.1 Å².